The van der Waals surface area contributed by atoms with Crippen molar-refractivity contribution in [1.82, 2.24) is 30.7 Å². The van der Waals surface area contributed by atoms with Crippen LogP contribution >= 0.6 is 0 Å². The van der Waals surface area contributed by atoms with E-state index in [0.29, 0.717) is 72.6 Å². The summed E-state index contributed by atoms with van der Waals surface area (Å²) in [6.45, 7) is 2.46. The Morgan fingerprint density at radius 3 is 0.795 bits per heavy atom. The lowest BCUT2D eigenvalue weighted by Crippen LogP contribution is -2.49. The Morgan fingerprint density at radius 2 is 0.590 bits per heavy atom. The Hall–Kier alpha value is -5.25. The molecule has 27 nitrogen and oxygen atoms in total. The summed E-state index contributed by atoms with van der Waals surface area (Å²) in [7, 11) is 0. The van der Waals surface area contributed by atoms with Crippen LogP contribution in [0.1, 0.15) is 64.5 Å². The molecule has 3 aromatic rings. The normalized spacial score (nSPS) is 18.8. The standard InChI is InChI=1S/C51H78N6O21/c1-25-10-28(40(67)31(13-25)49(76)52-16-34(61)43(70)46(73)37(64)22-58)19-55-4-6-56(20-29-11-26(2)14-32(41(29)68)50(77)53-17-35(62)44(71)47(74)38(65)23-59)8-9-57(7-5-55)21-30-12-27(3)15-33(42(30)69)51(78)54-18-36(63)45(72)48(75)39(66)24-60/h10-15,34-39,43-48,58-75H,4-9,16-24H2,1-3H3,(H,52,76)(H,53,77)(H,54,78). The molecule has 1 aliphatic rings. The number of carbonyl (C=O) groups excluding carboxylic acids is 3. The number of nitrogens with zero attached hydrogens (tertiary/aromatic N) is 3. The van der Waals surface area contributed by atoms with Crippen molar-refractivity contribution in [3.63, 3.8) is 0 Å². The fraction of sp³-hybridized carbons (Fsp3) is 0.588. The van der Waals surface area contributed by atoms with Gasteiger partial charge in [-0.05, 0) is 55.7 Å². The van der Waals surface area contributed by atoms with E-state index in [1.807, 2.05) is 14.7 Å². The van der Waals surface area contributed by atoms with E-state index in [1.165, 1.54) is 18.2 Å². The average Bonchev–Trinajstić information content (AvgIpc) is 3.52. The number of rotatable bonds is 27. The summed E-state index contributed by atoms with van der Waals surface area (Å²) in [5.41, 5.74) is 2.04. The number of carbonyl (C=O) groups is 3. The van der Waals surface area contributed by atoms with E-state index in [4.69, 9.17) is 15.3 Å². The second-order valence-electron chi connectivity index (χ2n) is 19.8. The fourth-order valence-corrected chi connectivity index (χ4v) is 8.75. The molecule has 0 aliphatic carbocycles. The number of hydrogen-bond acceptors (Lipinski definition) is 24. The lowest BCUT2D eigenvalue weighted by atomic mass is 10.0. The van der Waals surface area contributed by atoms with Gasteiger partial charge in [-0.15, -0.1) is 0 Å². The average molecular weight is 1110 g/mol. The number of benzene rings is 3. The summed E-state index contributed by atoms with van der Waals surface area (Å²) in [6, 6.07) is 9.18. The maximum atomic E-state index is 13.4. The third-order valence-corrected chi connectivity index (χ3v) is 13.5. The van der Waals surface area contributed by atoms with Crippen LogP contribution in [0.25, 0.3) is 0 Å². The largest absolute Gasteiger partial charge is 0.507 e. The van der Waals surface area contributed by atoms with Crippen LogP contribution in [-0.4, -0.2) is 276 Å². The van der Waals surface area contributed by atoms with Crippen LogP contribution in [0.5, 0.6) is 17.2 Å². The highest BCUT2D eigenvalue weighted by atomic mass is 16.4. The summed E-state index contributed by atoms with van der Waals surface area (Å²) in [4.78, 5) is 46.2. The lowest BCUT2D eigenvalue weighted by molar-refractivity contribution is -0.113. The monoisotopic (exact) mass is 1110 g/mol. The maximum Gasteiger partial charge on any atom is 0.255 e. The van der Waals surface area contributed by atoms with E-state index in [-0.39, 0.29) is 36.3 Å². The number of aromatic hydroxyl groups is 3. The second-order valence-corrected chi connectivity index (χ2v) is 19.8. The number of phenolic OH excluding ortho intramolecular Hbond substituents is 3. The fourth-order valence-electron chi connectivity index (χ4n) is 8.75. The van der Waals surface area contributed by atoms with Crippen molar-refractivity contribution < 1.29 is 106 Å². The van der Waals surface area contributed by atoms with Gasteiger partial charge in [-0.25, -0.2) is 0 Å². The quantitative estimate of drug-likeness (QED) is 0.0337. The smallest absolute Gasteiger partial charge is 0.255 e. The topological polar surface area (TPSA) is 461 Å². The third kappa shape index (κ3) is 17.9. The van der Waals surface area contributed by atoms with E-state index in [1.54, 1.807) is 39.0 Å². The molecule has 12 unspecified atom stereocenters. The van der Waals surface area contributed by atoms with Crippen LogP contribution in [0.15, 0.2) is 36.4 Å². The number of aryl methyl sites for hydroxylation is 3. The predicted molar refractivity (Wildman–Crippen MR) is 275 cm³/mol. The van der Waals surface area contributed by atoms with Gasteiger partial charge in [0.05, 0.1) is 54.8 Å². The molecule has 3 aromatic carbocycles. The highest BCUT2D eigenvalue weighted by molar-refractivity contribution is 5.98. The Kier molecular flexibility index (Phi) is 25.4. The van der Waals surface area contributed by atoms with Crippen molar-refractivity contribution in [3.05, 3.63) is 86.5 Å². The molecule has 0 radical (unpaired) electrons. The van der Waals surface area contributed by atoms with Gasteiger partial charge in [0.2, 0.25) is 0 Å². The zero-order valence-electron chi connectivity index (χ0n) is 43.6. The SMILES string of the molecule is Cc1cc(CN2CCN(Cc3cc(C)cc(C(=O)NCC(O)C(O)C(O)C(O)CO)c3O)CCN(Cc3cc(C)cc(C(=O)NCC(O)C(O)C(O)C(O)CO)c3O)CC2)c(O)c(C(=O)NCC(O)C(O)C(O)C(O)CO)c1. The van der Waals surface area contributed by atoms with Crippen LogP contribution in [0.2, 0.25) is 0 Å². The molecule has 27 heteroatoms. The number of phenols is 3. The number of aliphatic hydroxyl groups excluding tert-OH is 15. The van der Waals surface area contributed by atoms with Gasteiger partial charge in [0, 0.05) is 95.2 Å². The Balaban J connectivity index is 1.64. The van der Waals surface area contributed by atoms with Gasteiger partial charge in [-0.2, -0.15) is 0 Å². The lowest BCUT2D eigenvalue weighted by Gasteiger charge is -2.27. The van der Waals surface area contributed by atoms with Crippen LogP contribution in [0.3, 0.4) is 0 Å². The number of nitrogens with one attached hydrogen (secondary N) is 3. The van der Waals surface area contributed by atoms with Gasteiger partial charge in [0.1, 0.15) is 72.2 Å². The summed E-state index contributed by atoms with van der Waals surface area (Å²) in [5.74, 6) is -3.79. The molecule has 12 atom stereocenters. The van der Waals surface area contributed by atoms with Crippen LogP contribution in [-0.2, 0) is 19.6 Å². The minimum Gasteiger partial charge on any atom is -0.507 e. The first-order chi connectivity index (χ1) is 36.7. The molecular weight excluding hydrogens is 1030 g/mol. The first-order valence-electron chi connectivity index (χ1n) is 25.2. The highest BCUT2D eigenvalue weighted by Gasteiger charge is 2.34. The third-order valence-electron chi connectivity index (χ3n) is 13.5. The molecule has 438 valence electrons. The maximum absolute atomic E-state index is 13.4. The van der Waals surface area contributed by atoms with E-state index < -0.39 is 148 Å². The molecule has 1 saturated heterocycles. The van der Waals surface area contributed by atoms with Crippen molar-refractivity contribution in [2.24, 2.45) is 0 Å². The van der Waals surface area contributed by atoms with E-state index >= 15 is 0 Å². The highest BCUT2D eigenvalue weighted by Crippen LogP contribution is 2.30. The van der Waals surface area contributed by atoms with Gasteiger partial charge in [0.25, 0.3) is 17.7 Å². The Bertz CT molecular complexity index is 2170. The van der Waals surface area contributed by atoms with Gasteiger partial charge >= 0.3 is 0 Å². The molecule has 1 heterocycles. The minimum atomic E-state index is -1.95. The van der Waals surface area contributed by atoms with Crippen molar-refractivity contribution in [1.29, 1.82) is 0 Å². The van der Waals surface area contributed by atoms with Crippen molar-refractivity contribution in [2.75, 3.05) is 78.7 Å². The van der Waals surface area contributed by atoms with Gasteiger partial charge in [-0.3, -0.25) is 29.1 Å². The summed E-state index contributed by atoms with van der Waals surface area (Å²) < 4.78 is 0. The van der Waals surface area contributed by atoms with Gasteiger partial charge in [-0.1, -0.05) is 18.2 Å². The molecule has 0 aromatic heterocycles. The number of hydrogen-bond donors (Lipinski definition) is 21. The molecule has 3 amide bonds. The minimum absolute atomic E-state index is 0.0508. The van der Waals surface area contributed by atoms with Gasteiger partial charge < -0.3 is 108 Å². The zero-order valence-corrected chi connectivity index (χ0v) is 43.6. The van der Waals surface area contributed by atoms with Crippen molar-refractivity contribution in [3.8, 4) is 17.2 Å². The Morgan fingerprint density at radius 1 is 0.385 bits per heavy atom. The summed E-state index contributed by atoms with van der Waals surface area (Å²) >= 11 is 0. The second kappa shape index (κ2) is 30.4. The first-order valence-corrected chi connectivity index (χ1v) is 25.2. The summed E-state index contributed by atoms with van der Waals surface area (Å²) in [5, 5.41) is 190. The zero-order chi connectivity index (χ0) is 58.3. The molecule has 0 saturated carbocycles. The van der Waals surface area contributed by atoms with E-state index in [0.717, 1.165) is 0 Å². The Labute approximate surface area is 449 Å². The van der Waals surface area contributed by atoms with E-state index in [9.17, 15) is 91.0 Å². The molecular formula is C51H78N6O21. The molecule has 0 bridgehead atoms. The molecule has 0 spiro atoms. The van der Waals surface area contributed by atoms with E-state index in [2.05, 4.69) is 16.0 Å². The summed E-state index contributed by atoms with van der Waals surface area (Å²) in [6.07, 6.45) is -22.4. The van der Waals surface area contributed by atoms with Crippen LogP contribution < -0.4 is 16.0 Å². The van der Waals surface area contributed by atoms with Crippen LogP contribution in [0.4, 0.5) is 0 Å². The molecule has 78 heavy (non-hydrogen) atoms. The van der Waals surface area contributed by atoms with Crippen molar-refractivity contribution >= 4 is 17.7 Å². The predicted octanol–water partition coefficient (Wildman–Crippen LogP) is -6.95. The van der Waals surface area contributed by atoms with Gasteiger partial charge in [0.15, 0.2) is 0 Å². The first kappa shape index (κ1) is 65.3. The molecule has 4 rings (SSSR count). The molecule has 1 aliphatic heterocycles. The number of aliphatic hydroxyl groups is 15. The number of amides is 3. The molecule has 1 fully saturated rings. The van der Waals surface area contributed by atoms with Crippen molar-refractivity contribution in [2.45, 2.75) is 114 Å². The molecule has 21 N–H and O–H groups in total. The van der Waals surface area contributed by atoms with Crippen LogP contribution in [0, 0.1) is 20.8 Å².